The number of hydrogen-bond donors (Lipinski definition) is 0. The van der Waals surface area contributed by atoms with Gasteiger partial charge in [-0.2, -0.15) is 9.98 Å². The fourth-order valence-electron chi connectivity index (χ4n) is 1.72. The molecule has 0 atom stereocenters. The number of hydrogen-bond acceptors (Lipinski definition) is 4. The van der Waals surface area contributed by atoms with Crippen LogP contribution in [0.1, 0.15) is 11.1 Å². The summed E-state index contributed by atoms with van der Waals surface area (Å²) in [6.07, 6.45) is 2.33. The van der Waals surface area contributed by atoms with Gasteiger partial charge in [0.25, 0.3) is 0 Å². The normalized spacial score (nSPS) is 9.26. The molecule has 0 saturated heterocycles. The fourth-order valence-corrected chi connectivity index (χ4v) is 1.82. The highest BCUT2D eigenvalue weighted by Gasteiger charge is 1.97. The lowest BCUT2D eigenvalue weighted by molar-refractivity contribution is 0.565. The topological polar surface area (TPSA) is 41.8 Å². The van der Waals surface area contributed by atoms with Crippen molar-refractivity contribution >= 4 is 34.8 Å². The molecule has 0 amide bonds. The van der Waals surface area contributed by atoms with Gasteiger partial charge in [0, 0.05) is 0 Å². The van der Waals surface area contributed by atoms with E-state index < -0.39 is 0 Å². The van der Waals surface area contributed by atoms with E-state index in [1.54, 1.807) is 12.1 Å². The van der Waals surface area contributed by atoms with Gasteiger partial charge in [-0.25, -0.2) is 4.79 Å². The molecule has 19 heavy (non-hydrogen) atoms. The molecule has 0 fully saturated rings. The minimum atomic E-state index is 0.615. The van der Waals surface area contributed by atoms with Crippen LogP contribution in [0.2, 0.25) is 0 Å². The van der Waals surface area contributed by atoms with E-state index in [2.05, 4.69) is 27.4 Å². The Morgan fingerprint density at radius 2 is 1.32 bits per heavy atom. The van der Waals surface area contributed by atoms with E-state index in [9.17, 15) is 4.79 Å². The summed E-state index contributed by atoms with van der Waals surface area (Å²) in [6.45, 7) is 0. The Morgan fingerprint density at radius 3 is 1.74 bits per heavy atom. The second kappa shape index (κ2) is 6.53. The highest BCUT2D eigenvalue weighted by molar-refractivity contribution is 7.78. The van der Waals surface area contributed by atoms with Gasteiger partial charge in [0.2, 0.25) is 6.08 Å². The molecular weight excluding hydrogens is 256 g/mol. The van der Waals surface area contributed by atoms with Gasteiger partial charge < -0.3 is 0 Å². The van der Waals surface area contributed by atoms with E-state index in [4.69, 9.17) is 0 Å². The molecule has 0 radical (unpaired) electrons. The van der Waals surface area contributed by atoms with Crippen LogP contribution in [0.15, 0.2) is 58.5 Å². The highest BCUT2D eigenvalue weighted by atomic mass is 32.1. The Bertz CT molecular complexity index is 590. The first-order valence-corrected chi connectivity index (χ1v) is 6.06. The van der Waals surface area contributed by atoms with Gasteiger partial charge in [-0.1, -0.05) is 24.3 Å². The minimum absolute atomic E-state index is 0.615. The molecule has 3 nitrogen and oxygen atoms in total. The molecule has 0 saturated carbocycles. The van der Waals surface area contributed by atoms with Crippen LogP contribution in [0.4, 0.5) is 11.4 Å². The largest absolute Gasteiger partial charge is 0.240 e. The summed E-state index contributed by atoms with van der Waals surface area (Å²) in [7, 11) is 0. The van der Waals surface area contributed by atoms with Crippen LogP contribution in [0, 0.1) is 0 Å². The maximum absolute atomic E-state index is 10.1. The summed E-state index contributed by atoms with van der Waals surface area (Å²) in [4.78, 5) is 17.6. The Labute approximate surface area is 116 Å². The van der Waals surface area contributed by atoms with Gasteiger partial charge in [-0.05, 0) is 54.0 Å². The summed E-state index contributed by atoms with van der Waals surface area (Å²) in [5.74, 6) is 0. The van der Waals surface area contributed by atoms with Crippen molar-refractivity contribution in [3.8, 4) is 0 Å². The van der Waals surface area contributed by atoms with Crippen molar-refractivity contribution in [2.45, 2.75) is 6.42 Å². The smallest absolute Gasteiger partial charge is 0.211 e. The van der Waals surface area contributed by atoms with Crippen molar-refractivity contribution in [1.82, 2.24) is 0 Å². The van der Waals surface area contributed by atoms with Crippen LogP contribution in [0.3, 0.4) is 0 Å². The lowest BCUT2D eigenvalue weighted by Crippen LogP contribution is -1.86. The van der Waals surface area contributed by atoms with Gasteiger partial charge in [-0.15, -0.1) is 0 Å². The second-order valence-corrected chi connectivity index (χ2v) is 4.10. The Hall–Kier alpha value is -2.38. The quantitative estimate of drug-likeness (QED) is 0.477. The van der Waals surface area contributed by atoms with Gasteiger partial charge >= 0.3 is 0 Å². The minimum Gasteiger partial charge on any atom is -0.211 e. The van der Waals surface area contributed by atoms with Gasteiger partial charge in [-0.3, -0.25) is 0 Å². The highest BCUT2D eigenvalue weighted by Crippen LogP contribution is 2.17. The zero-order valence-electron chi connectivity index (χ0n) is 10.0. The van der Waals surface area contributed by atoms with Crippen LogP contribution in [0.25, 0.3) is 0 Å². The fraction of sp³-hybridized carbons (Fsp3) is 0.0667. The number of nitrogens with zero attached hydrogens (tertiary/aromatic N) is 2. The number of isothiocyanates is 1. The molecule has 92 valence electrons. The zero-order valence-corrected chi connectivity index (χ0v) is 10.9. The zero-order chi connectivity index (χ0) is 13.5. The molecule has 0 bridgehead atoms. The molecule has 0 aliphatic heterocycles. The maximum atomic E-state index is 10.1. The number of carbonyl (C=O) groups excluding carboxylic acids is 1. The molecule has 0 aliphatic rings. The standard InChI is InChI=1S/C15H10N2OS/c18-10-16-14-5-1-12(2-6-14)9-13-3-7-15(8-4-13)17-11-19/h1-8H,9H2. The second-order valence-electron chi connectivity index (χ2n) is 3.92. The van der Waals surface area contributed by atoms with Crippen LogP contribution < -0.4 is 0 Å². The molecule has 0 aliphatic carbocycles. The van der Waals surface area contributed by atoms with Crippen molar-refractivity contribution in [3.63, 3.8) is 0 Å². The molecular formula is C15H10N2OS. The molecule has 2 aromatic rings. The summed E-state index contributed by atoms with van der Waals surface area (Å²) in [6, 6.07) is 15.3. The van der Waals surface area contributed by atoms with E-state index in [1.165, 1.54) is 11.6 Å². The van der Waals surface area contributed by atoms with E-state index >= 15 is 0 Å². The van der Waals surface area contributed by atoms with Crippen LogP contribution >= 0.6 is 12.2 Å². The lowest BCUT2D eigenvalue weighted by Gasteiger charge is -2.02. The van der Waals surface area contributed by atoms with Crippen molar-refractivity contribution in [3.05, 3.63) is 59.7 Å². The van der Waals surface area contributed by atoms with E-state index in [0.29, 0.717) is 5.69 Å². The first kappa shape index (κ1) is 13.1. The van der Waals surface area contributed by atoms with Crippen molar-refractivity contribution in [2.75, 3.05) is 0 Å². The summed E-state index contributed by atoms with van der Waals surface area (Å²) in [5, 5.41) is 2.34. The average Bonchev–Trinajstić information content (AvgIpc) is 2.44. The third kappa shape index (κ3) is 3.80. The van der Waals surface area contributed by atoms with Crippen LogP contribution in [-0.4, -0.2) is 11.2 Å². The predicted molar refractivity (Wildman–Crippen MR) is 78.2 cm³/mol. The summed E-state index contributed by atoms with van der Waals surface area (Å²) < 4.78 is 0. The van der Waals surface area contributed by atoms with E-state index in [-0.39, 0.29) is 0 Å². The molecule has 0 N–H and O–H groups in total. The van der Waals surface area contributed by atoms with Crippen LogP contribution in [0.5, 0.6) is 0 Å². The van der Waals surface area contributed by atoms with Gasteiger partial charge in [0.15, 0.2) is 0 Å². The maximum Gasteiger partial charge on any atom is 0.240 e. The molecule has 2 rings (SSSR count). The molecule has 0 aromatic heterocycles. The summed E-state index contributed by atoms with van der Waals surface area (Å²) >= 11 is 4.55. The molecule has 0 spiro atoms. The number of benzene rings is 2. The van der Waals surface area contributed by atoms with Crippen molar-refractivity contribution in [1.29, 1.82) is 0 Å². The molecule has 4 heteroatoms. The SMILES string of the molecule is O=C=Nc1ccc(Cc2ccc(N=C=S)cc2)cc1. The molecule has 2 aromatic carbocycles. The Morgan fingerprint density at radius 1 is 0.842 bits per heavy atom. The predicted octanol–water partition coefficient (Wildman–Crippen LogP) is 3.98. The lowest BCUT2D eigenvalue weighted by atomic mass is 10.0. The Kier molecular flexibility index (Phi) is 4.49. The van der Waals surface area contributed by atoms with E-state index in [0.717, 1.165) is 17.7 Å². The number of rotatable bonds is 4. The Balaban J connectivity index is 2.11. The van der Waals surface area contributed by atoms with Gasteiger partial charge in [0.1, 0.15) is 0 Å². The van der Waals surface area contributed by atoms with Gasteiger partial charge in [0.05, 0.1) is 16.5 Å². The van der Waals surface area contributed by atoms with Crippen LogP contribution in [-0.2, 0) is 11.2 Å². The number of thiocarbonyl (C=S) groups is 1. The third-order valence-corrected chi connectivity index (χ3v) is 2.72. The first-order valence-electron chi connectivity index (χ1n) is 5.65. The monoisotopic (exact) mass is 266 g/mol. The molecule has 0 unspecified atom stereocenters. The first-order chi connectivity index (χ1) is 9.31. The van der Waals surface area contributed by atoms with Crippen molar-refractivity contribution < 1.29 is 4.79 Å². The number of isocyanates is 1. The summed E-state index contributed by atoms with van der Waals surface area (Å²) in [5.41, 5.74) is 3.74. The average molecular weight is 266 g/mol. The number of aliphatic imine (C=N–C) groups is 2. The third-order valence-electron chi connectivity index (χ3n) is 2.63. The van der Waals surface area contributed by atoms with Crippen molar-refractivity contribution in [2.24, 2.45) is 9.98 Å². The van der Waals surface area contributed by atoms with E-state index in [1.807, 2.05) is 36.4 Å². The molecule has 0 heterocycles.